The molecule has 0 radical (unpaired) electrons. The van der Waals surface area contributed by atoms with E-state index < -0.39 is 5.97 Å². The summed E-state index contributed by atoms with van der Waals surface area (Å²) in [6.45, 7) is 4.62. The van der Waals surface area contributed by atoms with Gasteiger partial charge in [0, 0.05) is 5.69 Å². The third-order valence-corrected chi connectivity index (χ3v) is 3.67. The Morgan fingerprint density at radius 3 is 2.54 bits per heavy atom. The van der Waals surface area contributed by atoms with Crippen molar-refractivity contribution >= 4 is 29.1 Å². The van der Waals surface area contributed by atoms with Crippen LogP contribution in [0.25, 0.3) is 0 Å². The second kappa shape index (κ2) is 9.31. The number of para-hydroxylation sites is 1. The Labute approximate surface area is 162 Å². The van der Waals surface area contributed by atoms with E-state index in [0.29, 0.717) is 36.2 Å². The van der Waals surface area contributed by atoms with Crippen LogP contribution in [0.15, 0.2) is 54.7 Å². The number of hydrogen-bond acceptors (Lipinski definition) is 8. The zero-order valence-electron chi connectivity index (χ0n) is 15.7. The van der Waals surface area contributed by atoms with Gasteiger partial charge in [0.25, 0.3) is 0 Å². The molecule has 0 aliphatic rings. The van der Waals surface area contributed by atoms with Gasteiger partial charge in [-0.25, -0.2) is 4.79 Å². The van der Waals surface area contributed by atoms with Crippen molar-refractivity contribution in [2.45, 2.75) is 13.8 Å². The average Bonchev–Trinajstić information content (AvgIpc) is 2.71. The zero-order chi connectivity index (χ0) is 19.8. The van der Waals surface area contributed by atoms with Gasteiger partial charge < -0.3 is 20.1 Å². The first kappa shape index (κ1) is 19.1. The maximum absolute atomic E-state index is 12.1. The number of aromatic nitrogens is 3. The lowest BCUT2D eigenvalue weighted by Gasteiger charge is -2.11. The molecule has 0 atom stereocenters. The van der Waals surface area contributed by atoms with E-state index in [-0.39, 0.29) is 0 Å². The quantitative estimate of drug-likeness (QED) is 0.568. The summed E-state index contributed by atoms with van der Waals surface area (Å²) in [5.41, 5.74) is 1.80. The van der Waals surface area contributed by atoms with Crippen LogP contribution in [0, 0.1) is 0 Å². The van der Waals surface area contributed by atoms with Gasteiger partial charge >= 0.3 is 5.97 Å². The van der Waals surface area contributed by atoms with Crippen LogP contribution in [0.4, 0.5) is 23.1 Å². The van der Waals surface area contributed by atoms with Gasteiger partial charge in [0.1, 0.15) is 5.75 Å². The molecule has 0 saturated heterocycles. The number of carbonyl (C=O) groups excluding carboxylic acids is 1. The lowest BCUT2D eigenvalue weighted by atomic mass is 10.2. The number of carbonyl (C=O) groups is 1. The molecule has 0 unspecified atom stereocenters. The molecule has 0 bridgehead atoms. The average molecular weight is 379 g/mol. The minimum absolute atomic E-state index is 0.304. The fraction of sp³-hybridized carbons (Fsp3) is 0.200. The maximum Gasteiger partial charge on any atom is 0.340 e. The molecule has 0 aliphatic carbocycles. The van der Waals surface area contributed by atoms with Crippen LogP contribution in [0.1, 0.15) is 24.2 Å². The van der Waals surface area contributed by atoms with Crippen LogP contribution >= 0.6 is 0 Å². The van der Waals surface area contributed by atoms with Crippen molar-refractivity contribution < 1.29 is 14.3 Å². The summed E-state index contributed by atoms with van der Waals surface area (Å²) in [6.07, 6.45) is 1.48. The van der Waals surface area contributed by atoms with Crippen LogP contribution < -0.4 is 15.4 Å². The summed E-state index contributed by atoms with van der Waals surface area (Å²) in [5.74, 6) is 1.15. The second-order valence-electron chi connectivity index (χ2n) is 5.64. The molecular formula is C20H21N5O3. The van der Waals surface area contributed by atoms with Crippen LogP contribution in [-0.4, -0.2) is 34.4 Å². The van der Waals surface area contributed by atoms with Crippen molar-refractivity contribution in [3.05, 3.63) is 60.3 Å². The van der Waals surface area contributed by atoms with E-state index in [2.05, 4.69) is 25.8 Å². The van der Waals surface area contributed by atoms with Gasteiger partial charge in [0.2, 0.25) is 5.95 Å². The number of hydrogen-bond donors (Lipinski definition) is 2. The van der Waals surface area contributed by atoms with Crippen molar-refractivity contribution in [2.75, 3.05) is 23.8 Å². The Balaban J connectivity index is 1.74. The number of nitrogens with zero attached hydrogens (tertiary/aromatic N) is 3. The molecule has 0 spiro atoms. The fourth-order valence-electron chi connectivity index (χ4n) is 2.46. The fourth-order valence-corrected chi connectivity index (χ4v) is 2.46. The summed E-state index contributed by atoms with van der Waals surface area (Å²) in [7, 11) is 0. The standard InChI is InChI=1S/C20H21N5O3/c1-3-27-15-11-9-14(10-12-15)22-20-24-18(13-21-25-20)23-17-8-6-5-7-16(17)19(26)28-4-2/h5-13H,3-4H2,1-2H3,(H2,22,23,24,25). The van der Waals surface area contributed by atoms with E-state index in [0.717, 1.165) is 11.4 Å². The Morgan fingerprint density at radius 2 is 1.79 bits per heavy atom. The SMILES string of the molecule is CCOC(=O)c1ccccc1Nc1cnnc(Nc2ccc(OCC)cc2)n1. The second-order valence-corrected chi connectivity index (χ2v) is 5.64. The van der Waals surface area contributed by atoms with Gasteiger partial charge in [-0.1, -0.05) is 12.1 Å². The van der Waals surface area contributed by atoms with Gasteiger partial charge in [-0.2, -0.15) is 10.1 Å². The first-order valence-electron chi connectivity index (χ1n) is 8.92. The molecule has 3 aromatic rings. The molecule has 3 rings (SSSR count). The van der Waals surface area contributed by atoms with E-state index in [1.165, 1.54) is 6.20 Å². The highest BCUT2D eigenvalue weighted by Gasteiger charge is 2.12. The lowest BCUT2D eigenvalue weighted by molar-refractivity contribution is 0.0527. The van der Waals surface area contributed by atoms with E-state index in [1.54, 1.807) is 25.1 Å². The van der Waals surface area contributed by atoms with Crippen molar-refractivity contribution in [3.63, 3.8) is 0 Å². The molecule has 2 aromatic carbocycles. The number of nitrogens with one attached hydrogen (secondary N) is 2. The first-order chi connectivity index (χ1) is 13.7. The van der Waals surface area contributed by atoms with E-state index in [1.807, 2.05) is 37.3 Å². The molecular weight excluding hydrogens is 358 g/mol. The highest BCUT2D eigenvalue weighted by molar-refractivity contribution is 5.96. The molecule has 8 nitrogen and oxygen atoms in total. The smallest absolute Gasteiger partial charge is 0.340 e. The molecule has 144 valence electrons. The number of ether oxygens (including phenoxy) is 2. The van der Waals surface area contributed by atoms with Crippen LogP contribution in [0.3, 0.4) is 0 Å². The van der Waals surface area contributed by atoms with Crippen molar-refractivity contribution in [2.24, 2.45) is 0 Å². The minimum atomic E-state index is -0.402. The van der Waals surface area contributed by atoms with Crippen molar-refractivity contribution in [1.82, 2.24) is 15.2 Å². The van der Waals surface area contributed by atoms with E-state index >= 15 is 0 Å². The molecule has 0 aliphatic heterocycles. The first-order valence-corrected chi connectivity index (χ1v) is 8.92. The molecule has 2 N–H and O–H groups in total. The van der Waals surface area contributed by atoms with Gasteiger partial charge in [-0.15, -0.1) is 5.10 Å². The largest absolute Gasteiger partial charge is 0.494 e. The predicted molar refractivity (Wildman–Crippen MR) is 106 cm³/mol. The highest BCUT2D eigenvalue weighted by Crippen LogP contribution is 2.22. The van der Waals surface area contributed by atoms with Crippen LogP contribution in [0.5, 0.6) is 5.75 Å². The summed E-state index contributed by atoms with van der Waals surface area (Å²) < 4.78 is 10.5. The molecule has 28 heavy (non-hydrogen) atoms. The molecule has 1 aromatic heterocycles. The molecule has 0 fully saturated rings. The lowest BCUT2D eigenvalue weighted by Crippen LogP contribution is -2.09. The third kappa shape index (κ3) is 4.94. The van der Waals surface area contributed by atoms with Gasteiger partial charge in [-0.05, 0) is 50.2 Å². The zero-order valence-corrected chi connectivity index (χ0v) is 15.7. The molecule has 0 amide bonds. The minimum Gasteiger partial charge on any atom is -0.494 e. The number of anilines is 4. The molecule has 1 heterocycles. The van der Waals surface area contributed by atoms with Crippen molar-refractivity contribution in [3.8, 4) is 5.75 Å². The van der Waals surface area contributed by atoms with E-state index in [9.17, 15) is 4.79 Å². The van der Waals surface area contributed by atoms with Gasteiger partial charge in [0.05, 0.1) is 30.7 Å². The maximum atomic E-state index is 12.1. The Bertz CT molecular complexity index is 931. The highest BCUT2D eigenvalue weighted by atomic mass is 16.5. The normalized spacial score (nSPS) is 10.2. The van der Waals surface area contributed by atoms with Gasteiger partial charge in [0.15, 0.2) is 5.82 Å². The van der Waals surface area contributed by atoms with Crippen LogP contribution in [-0.2, 0) is 4.74 Å². The number of rotatable bonds is 8. The molecule has 0 saturated carbocycles. The Morgan fingerprint density at radius 1 is 1.00 bits per heavy atom. The summed E-state index contributed by atoms with van der Waals surface area (Å²) >= 11 is 0. The Kier molecular flexibility index (Phi) is 6.35. The predicted octanol–water partition coefficient (Wildman–Crippen LogP) is 3.93. The summed E-state index contributed by atoms with van der Waals surface area (Å²) in [6, 6.07) is 14.5. The molecule has 8 heteroatoms. The third-order valence-electron chi connectivity index (χ3n) is 3.67. The van der Waals surface area contributed by atoms with Gasteiger partial charge in [-0.3, -0.25) is 0 Å². The monoisotopic (exact) mass is 379 g/mol. The van der Waals surface area contributed by atoms with Crippen LogP contribution in [0.2, 0.25) is 0 Å². The number of esters is 1. The number of benzene rings is 2. The summed E-state index contributed by atoms with van der Waals surface area (Å²) in [5, 5.41) is 14.1. The summed E-state index contributed by atoms with van der Waals surface area (Å²) in [4.78, 5) is 16.5. The Hall–Kier alpha value is -3.68. The van der Waals surface area contributed by atoms with E-state index in [4.69, 9.17) is 9.47 Å². The van der Waals surface area contributed by atoms with Crippen molar-refractivity contribution in [1.29, 1.82) is 0 Å². The topological polar surface area (TPSA) is 98.3 Å².